The average Bonchev–Trinajstić information content (AvgIpc) is 3.31. The molecule has 2 bridgehead atoms. The summed E-state index contributed by atoms with van der Waals surface area (Å²) in [6.07, 6.45) is 2.44. The van der Waals surface area contributed by atoms with Crippen LogP contribution in [0.3, 0.4) is 0 Å². The first-order valence-electron chi connectivity index (χ1n) is 14.8. The Kier molecular flexibility index (Phi) is 7.47. The highest BCUT2D eigenvalue weighted by Crippen LogP contribution is 2.61. The number of hydrogen-bond donors (Lipinski definition) is 3. The maximum absolute atomic E-state index is 14.4. The third-order valence-electron chi connectivity index (χ3n) is 10.1. The zero-order valence-corrected chi connectivity index (χ0v) is 24.6. The van der Waals surface area contributed by atoms with Crippen molar-refractivity contribution in [3.05, 3.63) is 64.5 Å². The Balaban J connectivity index is 1.22. The summed E-state index contributed by atoms with van der Waals surface area (Å²) in [5.41, 5.74) is 1.90. The number of rotatable bonds is 6. The quantitative estimate of drug-likeness (QED) is 0.303. The van der Waals surface area contributed by atoms with Crippen molar-refractivity contribution in [2.75, 3.05) is 25.5 Å². The van der Waals surface area contributed by atoms with Crippen LogP contribution in [0.4, 0.5) is 10.1 Å². The predicted molar refractivity (Wildman–Crippen MR) is 160 cm³/mol. The van der Waals surface area contributed by atoms with Crippen LogP contribution in [-0.4, -0.2) is 69.1 Å². The lowest BCUT2D eigenvalue weighted by Gasteiger charge is -2.61. The maximum Gasteiger partial charge on any atom is 0.261 e. The van der Waals surface area contributed by atoms with Gasteiger partial charge in [0.1, 0.15) is 11.6 Å². The Morgan fingerprint density at radius 1 is 1.17 bits per heavy atom. The molecule has 224 valence electrons. The summed E-state index contributed by atoms with van der Waals surface area (Å²) in [5.74, 6) is 2.42. The highest BCUT2D eigenvalue weighted by Gasteiger charge is 2.56. The summed E-state index contributed by atoms with van der Waals surface area (Å²) >= 11 is 0. The summed E-state index contributed by atoms with van der Waals surface area (Å²) in [4.78, 5) is 24.8. The van der Waals surface area contributed by atoms with Gasteiger partial charge in [-0.1, -0.05) is 26.8 Å². The Bertz CT molecular complexity index is 1560. The number of anilines is 1. The first-order valence-corrected chi connectivity index (χ1v) is 14.8. The second-order valence-corrected chi connectivity index (χ2v) is 12.8. The molecule has 9 nitrogen and oxygen atoms in total. The molecule has 3 N–H and O–H groups in total. The number of aryl methyl sites for hydroxylation is 2. The lowest BCUT2D eigenvalue weighted by atomic mass is 9.45. The third kappa shape index (κ3) is 5.15. The van der Waals surface area contributed by atoms with Crippen LogP contribution in [0.2, 0.25) is 0 Å². The van der Waals surface area contributed by atoms with E-state index < -0.39 is 12.2 Å². The van der Waals surface area contributed by atoms with E-state index in [-0.39, 0.29) is 30.5 Å². The molecule has 7 rings (SSSR count). The van der Waals surface area contributed by atoms with Crippen LogP contribution in [0, 0.1) is 29.0 Å². The monoisotopic (exact) mass is 577 g/mol. The molecule has 1 saturated heterocycles. The largest absolute Gasteiger partial charge is 0.497 e. The topological polar surface area (TPSA) is 112 Å². The number of likely N-dealkylation sites (tertiary alicyclic amines) is 1. The molecule has 0 radical (unpaired) electrons. The Morgan fingerprint density at radius 3 is 2.60 bits per heavy atom. The number of β-amino-alcohol motifs (C(OH)–C–C–N with tert-alkyl or cyclic N) is 2. The molecule has 0 spiro atoms. The number of benzene rings is 2. The van der Waals surface area contributed by atoms with Crippen molar-refractivity contribution in [1.82, 2.24) is 14.5 Å². The van der Waals surface area contributed by atoms with Gasteiger partial charge < -0.3 is 25.2 Å². The number of aromatic nitrogens is 2. The summed E-state index contributed by atoms with van der Waals surface area (Å²) < 4.78 is 21.0. The van der Waals surface area contributed by atoms with Crippen LogP contribution in [-0.2, 0) is 13.0 Å². The number of methoxy groups -OCH3 is 1. The van der Waals surface area contributed by atoms with E-state index in [1.54, 1.807) is 18.2 Å². The van der Waals surface area contributed by atoms with Crippen LogP contribution in [0.15, 0.2) is 52.5 Å². The smallest absolute Gasteiger partial charge is 0.261 e. The standard InChI is InChI=1S/C32H40FN5O4/c1-18-24-11-20(32(24,2)3)12-26(18)36-31(38-15-28(39)29(40)16-38)35-21-6-8-23-27(13-21)34-17-37(30(23)41)10-9-19-5-7-22(42-4)14-25(19)33/h5-8,13-14,17-18,20,24,26,28-29,39-40H,9-12,15-16H2,1-4H3,(H,35,36)/t18-,20-,24-,26+,28+,29+/m1/s1. The van der Waals surface area contributed by atoms with Crippen LogP contribution in [0.25, 0.3) is 10.9 Å². The molecule has 2 heterocycles. The van der Waals surface area contributed by atoms with Gasteiger partial charge in [-0.15, -0.1) is 0 Å². The van der Waals surface area contributed by atoms with Gasteiger partial charge in [-0.2, -0.15) is 0 Å². The molecule has 4 fully saturated rings. The van der Waals surface area contributed by atoms with Gasteiger partial charge in [0, 0.05) is 31.4 Å². The molecule has 3 aliphatic carbocycles. The SMILES string of the molecule is COc1ccc(CCn2cnc3cc(NC(=N[C@H]4C[C@H]5C[C@H]([C@H]4C)C5(C)C)N4C[C@H](O)[C@@H](O)C4)ccc3c2=O)c(F)c1. The summed E-state index contributed by atoms with van der Waals surface area (Å²) in [6, 6.07) is 10.2. The molecule has 0 amide bonds. The Morgan fingerprint density at radius 2 is 1.93 bits per heavy atom. The number of ether oxygens (including phenoxy) is 1. The molecule has 0 unspecified atom stereocenters. The van der Waals surface area contributed by atoms with E-state index >= 15 is 0 Å². The molecule has 1 aromatic heterocycles. The van der Waals surface area contributed by atoms with E-state index in [0.717, 1.165) is 12.1 Å². The highest BCUT2D eigenvalue weighted by molar-refractivity contribution is 5.96. The van der Waals surface area contributed by atoms with E-state index in [2.05, 4.69) is 31.1 Å². The number of aliphatic hydroxyl groups excluding tert-OH is 2. The van der Waals surface area contributed by atoms with Gasteiger partial charge in [0.05, 0.1) is 42.6 Å². The van der Waals surface area contributed by atoms with Gasteiger partial charge >= 0.3 is 0 Å². The minimum atomic E-state index is -0.837. The molecule has 4 aliphatic rings. The predicted octanol–water partition coefficient (Wildman–Crippen LogP) is 3.66. The van der Waals surface area contributed by atoms with E-state index in [4.69, 9.17) is 9.73 Å². The molecule has 1 aliphatic heterocycles. The van der Waals surface area contributed by atoms with Crippen molar-refractivity contribution in [3.8, 4) is 5.75 Å². The minimum Gasteiger partial charge on any atom is -0.497 e. The second kappa shape index (κ2) is 11.0. The summed E-state index contributed by atoms with van der Waals surface area (Å²) in [5, 5.41) is 24.4. The average molecular weight is 578 g/mol. The fraction of sp³-hybridized carbons (Fsp3) is 0.531. The fourth-order valence-electron chi connectivity index (χ4n) is 7.21. The number of hydrogen-bond acceptors (Lipinski definition) is 6. The molecule has 42 heavy (non-hydrogen) atoms. The van der Waals surface area contributed by atoms with Gasteiger partial charge in [0.2, 0.25) is 0 Å². The Hall–Kier alpha value is -3.50. The van der Waals surface area contributed by atoms with Crippen molar-refractivity contribution >= 4 is 22.5 Å². The van der Waals surface area contributed by atoms with Crippen LogP contribution in [0.1, 0.15) is 39.2 Å². The molecule has 10 heteroatoms. The van der Waals surface area contributed by atoms with E-state index in [1.165, 1.54) is 30.5 Å². The van der Waals surface area contributed by atoms with Gasteiger partial charge in [-0.25, -0.2) is 14.4 Å². The molecule has 6 atom stereocenters. The number of halogens is 1. The van der Waals surface area contributed by atoms with Gasteiger partial charge in [-0.05, 0) is 72.3 Å². The third-order valence-corrected chi connectivity index (χ3v) is 10.1. The number of nitrogens with zero attached hydrogens (tertiary/aromatic N) is 4. The second-order valence-electron chi connectivity index (χ2n) is 12.8. The molecule has 3 saturated carbocycles. The molecule has 2 aromatic carbocycles. The van der Waals surface area contributed by atoms with Gasteiger partial charge in [0.25, 0.3) is 5.56 Å². The van der Waals surface area contributed by atoms with Crippen LogP contribution < -0.4 is 15.6 Å². The lowest BCUT2D eigenvalue weighted by Crippen LogP contribution is -2.56. The fourth-order valence-corrected chi connectivity index (χ4v) is 7.21. The zero-order chi connectivity index (χ0) is 29.8. The normalized spacial score (nSPS) is 28.5. The number of aliphatic imine (C=N–C) groups is 1. The molecular weight excluding hydrogens is 537 g/mol. The maximum atomic E-state index is 14.4. The van der Waals surface area contributed by atoms with E-state index in [1.807, 2.05) is 17.0 Å². The summed E-state index contributed by atoms with van der Waals surface area (Å²) in [7, 11) is 1.49. The van der Waals surface area contributed by atoms with E-state index in [0.29, 0.717) is 64.3 Å². The molecular formula is C32H40FN5O4. The lowest BCUT2D eigenvalue weighted by molar-refractivity contribution is -0.108. The summed E-state index contributed by atoms with van der Waals surface area (Å²) in [6.45, 7) is 7.88. The number of fused-ring (bicyclic) bond motifs is 3. The van der Waals surface area contributed by atoms with Gasteiger partial charge in [-0.3, -0.25) is 9.36 Å². The van der Waals surface area contributed by atoms with Gasteiger partial charge in [0.15, 0.2) is 5.96 Å². The molecule has 3 aromatic rings. The minimum absolute atomic E-state index is 0.153. The van der Waals surface area contributed by atoms with E-state index in [9.17, 15) is 19.4 Å². The van der Waals surface area contributed by atoms with Crippen molar-refractivity contribution in [1.29, 1.82) is 0 Å². The van der Waals surface area contributed by atoms with Crippen molar-refractivity contribution in [2.45, 2.75) is 64.8 Å². The van der Waals surface area contributed by atoms with Crippen molar-refractivity contribution < 1.29 is 19.3 Å². The number of aliphatic hydroxyl groups is 2. The zero-order valence-electron chi connectivity index (χ0n) is 24.6. The number of nitrogens with one attached hydrogen (secondary N) is 1. The highest BCUT2D eigenvalue weighted by atomic mass is 19.1. The first kappa shape index (κ1) is 28.6. The van der Waals surface area contributed by atoms with Crippen LogP contribution in [0.5, 0.6) is 5.75 Å². The Labute approximate surface area is 245 Å². The van der Waals surface area contributed by atoms with Crippen molar-refractivity contribution in [3.63, 3.8) is 0 Å². The number of guanidine groups is 1. The van der Waals surface area contributed by atoms with Crippen molar-refractivity contribution in [2.24, 2.45) is 28.2 Å². The van der Waals surface area contributed by atoms with Crippen LogP contribution >= 0.6 is 0 Å². The first-order chi connectivity index (χ1) is 20.0.